The smallest absolute Gasteiger partial charge is 0.336 e. The maximum Gasteiger partial charge on any atom is 0.336 e. The fourth-order valence-electron chi connectivity index (χ4n) is 3.32. The summed E-state index contributed by atoms with van der Waals surface area (Å²) < 4.78 is 22.4. The lowest BCUT2D eigenvalue weighted by atomic mass is 9.95. The number of aliphatic hydroxyl groups excluding tert-OH is 1. The Balaban J connectivity index is 1.70. The van der Waals surface area contributed by atoms with Gasteiger partial charge in [-0.25, -0.2) is 4.79 Å². The molecule has 0 aliphatic heterocycles. The lowest BCUT2D eigenvalue weighted by Gasteiger charge is -2.30. The molecule has 0 spiro atoms. The van der Waals surface area contributed by atoms with Crippen LogP contribution < -0.4 is 10.4 Å². The van der Waals surface area contributed by atoms with Crippen molar-refractivity contribution in [3.05, 3.63) is 52.6 Å². The molecule has 0 radical (unpaired) electrons. The first kappa shape index (κ1) is 21.1. The maximum absolute atomic E-state index is 11.5. The highest BCUT2D eigenvalue weighted by atomic mass is 16.5. The molecule has 0 unspecified atom stereocenters. The molecule has 1 atom stereocenters. The van der Waals surface area contributed by atoms with E-state index in [4.69, 9.17) is 18.3 Å². The van der Waals surface area contributed by atoms with Gasteiger partial charge in [-0.3, -0.25) is 0 Å². The number of allylic oxidation sites excluding steroid dienone is 1. The second-order valence-electron chi connectivity index (χ2n) is 7.66. The average Bonchev–Trinajstić information content (AvgIpc) is 3.13. The van der Waals surface area contributed by atoms with Gasteiger partial charge >= 0.3 is 5.63 Å². The average molecular weight is 400 g/mol. The van der Waals surface area contributed by atoms with Gasteiger partial charge in [-0.15, -0.1) is 0 Å². The first-order chi connectivity index (χ1) is 13.8. The molecule has 1 aromatic carbocycles. The summed E-state index contributed by atoms with van der Waals surface area (Å²) in [6.07, 6.45) is 4.38. The van der Waals surface area contributed by atoms with Crippen molar-refractivity contribution < 1.29 is 23.4 Å². The number of hydrogen-bond acceptors (Lipinski definition) is 6. The predicted molar refractivity (Wildman–Crippen MR) is 112 cm³/mol. The third-order valence-corrected chi connectivity index (χ3v) is 5.10. The zero-order valence-corrected chi connectivity index (χ0v) is 17.4. The molecule has 0 amide bonds. The van der Waals surface area contributed by atoms with E-state index in [2.05, 4.69) is 0 Å². The van der Waals surface area contributed by atoms with Crippen molar-refractivity contribution in [2.45, 2.75) is 52.2 Å². The van der Waals surface area contributed by atoms with Crippen molar-refractivity contribution in [1.29, 1.82) is 0 Å². The topological polar surface area (TPSA) is 82.0 Å². The Morgan fingerprint density at radius 3 is 2.76 bits per heavy atom. The van der Waals surface area contributed by atoms with Crippen LogP contribution in [0.2, 0.25) is 0 Å². The molecule has 0 saturated heterocycles. The minimum atomic E-state index is -0.564. The molecule has 3 aromatic rings. The molecule has 1 N–H and O–H groups in total. The Hall–Kier alpha value is -2.57. The van der Waals surface area contributed by atoms with Gasteiger partial charge in [0, 0.05) is 18.7 Å². The van der Waals surface area contributed by atoms with Gasteiger partial charge in [-0.2, -0.15) is 0 Å². The molecule has 0 fully saturated rings. The monoisotopic (exact) mass is 400 g/mol. The Kier molecular flexibility index (Phi) is 6.45. The summed E-state index contributed by atoms with van der Waals surface area (Å²) in [5, 5.41) is 11.9. The Bertz CT molecular complexity index is 1060. The van der Waals surface area contributed by atoms with Gasteiger partial charge < -0.3 is 23.4 Å². The van der Waals surface area contributed by atoms with Gasteiger partial charge in [-0.1, -0.05) is 5.57 Å². The number of hydrogen-bond donors (Lipinski definition) is 1. The fraction of sp³-hybridized carbons (Fsp3) is 0.435. The van der Waals surface area contributed by atoms with Crippen LogP contribution in [-0.2, 0) is 4.74 Å². The Morgan fingerprint density at radius 2 is 2.00 bits per heavy atom. The van der Waals surface area contributed by atoms with E-state index in [0.29, 0.717) is 36.6 Å². The van der Waals surface area contributed by atoms with Gasteiger partial charge in [-0.05, 0) is 58.7 Å². The van der Waals surface area contributed by atoms with Crippen molar-refractivity contribution in [3.63, 3.8) is 0 Å². The van der Waals surface area contributed by atoms with Crippen molar-refractivity contribution >= 4 is 21.9 Å². The first-order valence-electron chi connectivity index (χ1n) is 9.86. The maximum atomic E-state index is 11.5. The van der Waals surface area contributed by atoms with Crippen molar-refractivity contribution in [2.24, 2.45) is 0 Å². The van der Waals surface area contributed by atoms with Crippen LogP contribution in [0.3, 0.4) is 0 Å². The van der Waals surface area contributed by atoms with E-state index in [1.54, 1.807) is 18.4 Å². The second kappa shape index (κ2) is 8.84. The standard InChI is InChI=1S/C23H28O6/c1-5-28-23(3,4)20(24)8-6-15(2)10-12-27-22-16-7-9-21(25)29-19(16)14-18-17(22)11-13-26-18/h7,9-11,13-14,20,24H,5-6,8,12H2,1-4H3/b15-10-/t20-/m0/s1. The normalized spacial score (nSPS) is 13.9. The Labute approximate surface area is 169 Å². The fourth-order valence-corrected chi connectivity index (χ4v) is 3.32. The SMILES string of the molecule is CCOC(C)(C)[C@@H](O)CC/C(C)=C\COc1c2ccoc2cc2oc(=O)ccc12. The van der Waals surface area contributed by atoms with E-state index in [9.17, 15) is 9.90 Å². The summed E-state index contributed by atoms with van der Waals surface area (Å²) >= 11 is 0. The summed E-state index contributed by atoms with van der Waals surface area (Å²) in [5.41, 5.74) is 1.16. The Morgan fingerprint density at radius 1 is 1.24 bits per heavy atom. The first-order valence-corrected chi connectivity index (χ1v) is 9.86. The third kappa shape index (κ3) is 4.89. The highest BCUT2D eigenvalue weighted by Crippen LogP contribution is 2.35. The summed E-state index contributed by atoms with van der Waals surface area (Å²) in [4.78, 5) is 11.5. The third-order valence-electron chi connectivity index (χ3n) is 5.10. The van der Waals surface area contributed by atoms with Crippen LogP contribution in [0.25, 0.3) is 21.9 Å². The molecule has 29 heavy (non-hydrogen) atoms. The van der Waals surface area contributed by atoms with E-state index in [1.807, 2.05) is 39.8 Å². The number of benzene rings is 1. The van der Waals surface area contributed by atoms with Crippen LogP contribution in [-0.4, -0.2) is 30.0 Å². The van der Waals surface area contributed by atoms with Gasteiger partial charge in [0.2, 0.25) is 0 Å². The van der Waals surface area contributed by atoms with E-state index in [1.165, 1.54) is 6.07 Å². The highest BCUT2D eigenvalue weighted by molar-refractivity contribution is 6.01. The molecular weight excluding hydrogens is 372 g/mol. The number of aliphatic hydroxyl groups is 1. The highest BCUT2D eigenvalue weighted by Gasteiger charge is 2.27. The van der Waals surface area contributed by atoms with Crippen LogP contribution in [0.5, 0.6) is 5.75 Å². The number of rotatable bonds is 9. The lowest BCUT2D eigenvalue weighted by molar-refractivity contribution is -0.0983. The van der Waals surface area contributed by atoms with Crippen molar-refractivity contribution in [2.75, 3.05) is 13.2 Å². The van der Waals surface area contributed by atoms with Gasteiger partial charge in [0.15, 0.2) is 0 Å². The molecule has 0 bridgehead atoms. The quantitative estimate of drug-likeness (QED) is 0.410. The molecule has 156 valence electrons. The minimum absolute atomic E-state index is 0.356. The van der Waals surface area contributed by atoms with Crippen LogP contribution in [0, 0.1) is 0 Å². The second-order valence-corrected chi connectivity index (χ2v) is 7.66. The van der Waals surface area contributed by atoms with Crippen molar-refractivity contribution in [1.82, 2.24) is 0 Å². The molecule has 0 aliphatic rings. The van der Waals surface area contributed by atoms with Crippen LogP contribution in [0.15, 0.2) is 55.8 Å². The van der Waals surface area contributed by atoms with Gasteiger partial charge in [0.05, 0.1) is 28.7 Å². The van der Waals surface area contributed by atoms with Crippen LogP contribution in [0.4, 0.5) is 0 Å². The summed E-state index contributed by atoms with van der Waals surface area (Å²) in [5.74, 6) is 0.622. The zero-order valence-electron chi connectivity index (χ0n) is 17.4. The van der Waals surface area contributed by atoms with Crippen LogP contribution >= 0.6 is 0 Å². The number of fused-ring (bicyclic) bond motifs is 2. The summed E-state index contributed by atoms with van der Waals surface area (Å²) in [6.45, 7) is 8.66. The largest absolute Gasteiger partial charge is 0.488 e. The summed E-state index contributed by atoms with van der Waals surface area (Å²) in [7, 11) is 0. The lowest BCUT2D eigenvalue weighted by Crippen LogP contribution is -2.39. The summed E-state index contributed by atoms with van der Waals surface area (Å²) in [6, 6.07) is 6.61. The number of ether oxygens (including phenoxy) is 2. The molecular formula is C23H28O6. The van der Waals surface area contributed by atoms with Gasteiger partial charge in [0.1, 0.15) is 23.5 Å². The molecule has 6 heteroatoms. The number of furan rings is 1. The molecule has 6 nitrogen and oxygen atoms in total. The molecule has 0 saturated carbocycles. The molecule has 0 aliphatic carbocycles. The van der Waals surface area contributed by atoms with E-state index >= 15 is 0 Å². The van der Waals surface area contributed by atoms with E-state index in [0.717, 1.165) is 22.8 Å². The zero-order chi connectivity index (χ0) is 21.0. The van der Waals surface area contributed by atoms with Crippen LogP contribution in [0.1, 0.15) is 40.5 Å². The molecule has 2 heterocycles. The van der Waals surface area contributed by atoms with E-state index in [-0.39, 0.29) is 0 Å². The minimum Gasteiger partial charge on any atom is -0.488 e. The van der Waals surface area contributed by atoms with Gasteiger partial charge in [0.25, 0.3) is 0 Å². The van der Waals surface area contributed by atoms with E-state index < -0.39 is 17.3 Å². The molecule has 3 rings (SSSR count). The predicted octanol–water partition coefficient (Wildman–Crippen LogP) is 4.82. The molecule has 2 aromatic heterocycles. The van der Waals surface area contributed by atoms with Crippen molar-refractivity contribution in [3.8, 4) is 5.75 Å².